The Bertz CT molecular complexity index is 1430. The molecule has 0 spiro atoms. The molecule has 6 rings (SSSR count). The second kappa shape index (κ2) is 7.88. The third kappa shape index (κ3) is 3.48. The molecular weight excluding hydrogens is 459 g/mol. The fourth-order valence-electron chi connectivity index (χ4n) is 6.04. The van der Waals surface area contributed by atoms with Crippen molar-refractivity contribution in [3.8, 4) is 5.88 Å². The molecule has 1 amide bonds. The topological polar surface area (TPSA) is 79.7 Å². The van der Waals surface area contributed by atoms with E-state index in [2.05, 4.69) is 4.98 Å². The molecule has 2 heterocycles. The van der Waals surface area contributed by atoms with Gasteiger partial charge in [-0.1, -0.05) is 32.0 Å². The molecule has 1 aromatic heterocycles. The van der Waals surface area contributed by atoms with Gasteiger partial charge in [0.1, 0.15) is 12.4 Å². The largest absolute Gasteiger partial charge is 0.481 e. The van der Waals surface area contributed by atoms with E-state index in [1.165, 1.54) is 6.07 Å². The number of hydrogen-bond acceptors (Lipinski definition) is 4. The van der Waals surface area contributed by atoms with Crippen LogP contribution in [0.25, 0.3) is 0 Å². The Morgan fingerprint density at radius 3 is 2.75 bits per heavy atom. The van der Waals surface area contributed by atoms with Gasteiger partial charge in [-0.25, -0.2) is 9.37 Å². The number of pyridine rings is 1. The van der Waals surface area contributed by atoms with Crippen molar-refractivity contribution in [3.05, 3.63) is 82.3 Å². The van der Waals surface area contributed by atoms with Crippen LogP contribution in [0.1, 0.15) is 54.0 Å². The minimum atomic E-state index is -0.750. The van der Waals surface area contributed by atoms with E-state index in [1.807, 2.05) is 51.1 Å². The van der Waals surface area contributed by atoms with Gasteiger partial charge in [0.25, 0.3) is 0 Å². The fraction of sp³-hybridized carbons (Fsp3) is 0.345. The van der Waals surface area contributed by atoms with Crippen LogP contribution in [0.5, 0.6) is 5.88 Å². The molecule has 36 heavy (non-hydrogen) atoms. The van der Waals surface area contributed by atoms with Crippen molar-refractivity contribution in [1.29, 1.82) is 0 Å². The molecular formula is C29H27FN2O4. The SMILES string of the molecule is Cc1ccccc1N1C(=O)CC(C)(C)c2cc(F)c(COc3cc4c(cn3)[C@H]3[C@@H](C4)[C@@H]3C(=O)O)cc21. The van der Waals surface area contributed by atoms with Crippen molar-refractivity contribution in [3.63, 3.8) is 0 Å². The Morgan fingerprint density at radius 1 is 1.22 bits per heavy atom. The zero-order chi connectivity index (χ0) is 25.4. The van der Waals surface area contributed by atoms with Gasteiger partial charge in [0.2, 0.25) is 11.8 Å². The summed E-state index contributed by atoms with van der Waals surface area (Å²) in [6, 6.07) is 12.8. The number of fused-ring (bicyclic) bond motifs is 4. The van der Waals surface area contributed by atoms with Crippen LogP contribution < -0.4 is 9.64 Å². The van der Waals surface area contributed by atoms with Crippen molar-refractivity contribution in [2.45, 2.75) is 51.6 Å². The van der Waals surface area contributed by atoms with E-state index in [-0.39, 0.29) is 42.5 Å². The second-order valence-electron chi connectivity index (χ2n) is 10.8. The lowest BCUT2D eigenvalue weighted by Gasteiger charge is -2.39. The van der Waals surface area contributed by atoms with Crippen molar-refractivity contribution < 1.29 is 23.8 Å². The standard InChI is InChI=1S/C29H27FN2O4/c1-15-6-4-5-7-22(15)32-23-9-17(21(30)11-20(23)29(2,3)12-25(32)33)14-36-24-10-16-8-18-26(19(16)13-31-24)27(18)28(34)35/h4-7,9-11,13,18,26-27H,8,12,14H2,1-3H3,(H,34,35)/t18-,26-,27+/m1/s1. The quantitative estimate of drug-likeness (QED) is 0.521. The van der Waals surface area contributed by atoms with Crippen LogP contribution in [0.3, 0.4) is 0 Å². The van der Waals surface area contributed by atoms with Crippen LogP contribution in [0.2, 0.25) is 0 Å². The molecule has 3 atom stereocenters. The average Bonchev–Trinajstić information content (AvgIpc) is 3.41. The molecule has 3 aromatic rings. The molecule has 2 aliphatic carbocycles. The molecule has 184 valence electrons. The van der Waals surface area contributed by atoms with E-state index >= 15 is 4.39 Å². The van der Waals surface area contributed by atoms with Crippen molar-refractivity contribution in [2.75, 3.05) is 4.90 Å². The number of benzene rings is 2. The maximum Gasteiger partial charge on any atom is 0.307 e. The highest BCUT2D eigenvalue weighted by Crippen LogP contribution is 2.61. The molecule has 0 unspecified atom stereocenters. The predicted molar refractivity (Wildman–Crippen MR) is 132 cm³/mol. The van der Waals surface area contributed by atoms with Crippen molar-refractivity contribution in [1.82, 2.24) is 4.98 Å². The number of carboxylic acid groups (broad SMARTS) is 1. The Hall–Kier alpha value is -3.74. The molecule has 1 saturated carbocycles. The third-order valence-corrected chi connectivity index (χ3v) is 7.98. The second-order valence-corrected chi connectivity index (χ2v) is 10.8. The molecule has 0 bridgehead atoms. The number of hydrogen-bond donors (Lipinski definition) is 1. The molecule has 0 saturated heterocycles. The number of aromatic nitrogens is 1. The van der Waals surface area contributed by atoms with E-state index < -0.39 is 11.4 Å². The summed E-state index contributed by atoms with van der Waals surface area (Å²) < 4.78 is 21.2. The van der Waals surface area contributed by atoms with Gasteiger partial charge >= 0.3 is 5.97 Å². The minimum Gasteiger partial charge on any atom is -0.481 e. The number of aliphatic carboxylic acids is 1. The number of anilines is 2. The smallest absolute Gasteiger partial charge is 0.307 e. The van der Waals surface area contributed by atoms with Gasteiger partial charge in [0.15, 0.2) is 0 Å². The summed E-state index contributed by atoms with van der Waals surface area (Å²) in [5, 5.41) is 9.31. The van der Waals surface area contributed by atoms with Gasteiger partial charge in [-0.05, 0) is 59.7 Å². The van der Waals surface area contributed by atoms with Crippen molar-refractivity contribution in [2.24, 2.45) is 11.8 Å². The number of halogens is 1. The third-order valence-electron chi connectivity index (χ3n) is 7.98. The van der Waals surface area contributed by atoms with Gasteiger partial charge in [0.05, 0.1) is 17.3 Å². The number of carbonyl (C=O) groups is 2. The molecule has 7 heteroatoms. The number of rotatable bonds is 5. The summed E-state index contributed by atoms with van der Waals surface area (Å²) in [4.78, 5) is 30.6. The highest BCUT2D eigenvalue weighted by Gasteiger charge is 2.60. The molecule has 3 aliphatic rings. The van der Waals surface area contributed by atoms with E-state index in [4.69, 9.17) is 4.74 Å². The predicted octanol–water partition coefficient (Wildman–Crippen LogP) is 5.42. The molecule has 0 radical (unpaired) electrons. The Balaban J connectivity index is 1.30. The summed E-state index contributed by atoms with van der Waals surface area (Å²) in [6.45, 7) is 5.84. The molecule has 1 N–H and O–H groups in total. The van der Waals surface area contributed by atoms with Gasteiger partial charge in [-0.2, -0.15) is 0 Å². The summed E-state index contributed by atoms with van der Waals surface area (Å²) in [5.74, 6) is -0.900. The highest BCUT2D eigenvalue weighted by molar-refractivity contribution is 6.04. The number of para-hydroxylation sites is 1. The van der Waals surface area contributed by atoms with Gasteiger partial charge in [0, 0.05) is 35.6 Å². The van der Waals surface area contributed by atoms with Gasteiger partial charge in [-0.15, -0.1) is 0 Å². The fourth-order valence-corrected chi connectivity index (χ4v) is 6.04. The van der Waals surface area contributed by atoms with E-state index in [9.17, 15) is 14.7 Å². The minimum absolute atomic E-state index is 0.0289. The summed E-state index contributed by atoms with van der Waals surface area (Å²) in [5.41, 5.74) is 5.09. The molecule has 6 nitrogen and oxygen atoms in total. The Labute approximate surface area is 208 Å². The highest BCUT2D eigenvalue weighted by atomic mass is 19.1. The van der Waals surface area contributed by atoms with Crippen LogP contribution in [0, 0.1) is 24.6 Å². The van der Waals surface area contributed by atoms with Crippen LogP contribution in [-0.4, -0.2) is 22.0 Å². The lowest BCUT2D eigenvalue weighted by Crippen LogP contribution is -2.39. The first kappa shape index (κ1) is 22.7. The number of carboxylic acids is 1. The summed E-state index contributed by atoms with van der Waals surface area (Å²) in [6.07, 6.45) is 2.68. The van der Waals surface area contributed by atoms with Gasteiger partial charge in [-0.3, -0.25) is 14.5 Å². The average molecular weight is 487 g/mol. The molecule has 2 aromatic carbocycles. The van der Waals surface area contributed by atoms with E-state index in [0.717, 1.165) is 27.9 Å². The lowest BCUT2D eigenvalue weighted by atomic mass is 9.76. The van der Waals surface area contributed by atoms with Crippen LogP contribution >= 0.6 is 0 Å². The Morgan fingerprint density at radius 2 is 2.00 bits per heavy atom. The zero-order valence-electron chi connectivity index (χ0n) is 20.4. The zero-order valence-corrected chi connectivity index (χ0v) is 20.4. The Kier molecular flexibility index (Phi) is 4.97. The maximum absolute atomic E-state index is 15.3. The lowest BCUT2D eigenvalue weighted by molar-refractivity contribution is -0.139. The monoisotopic (exact) mass is 486 g/mol. The van der Waals surface area contributed by atoms with Crippen LogP contribution in [-0.2, 0) is 28.0 Å². The van der Waals surface area contributed by atoms with E-state index in [1.54, 1.807) is 17.2 Å². The number of nitrogens with zero attached hydrogens (tertiary/aromatic N) is 2. The molecule has 1 fully saturated rings. The first-order chi connectivity index (χ1) is 17.2. The maximum atomic E-state index is 15.3. The summed E-state index contributed by atoms with van der Waals surface area (Å²) in [7, 11) is 0. The number of carbonyl (C=O) groups excluding carboxylic acids is 1. The van der Waals surface area contributed by atoms with Gasteiger partial charge < -0.3 is 9.84 Å². The number of ether oxygens (including phenoxy) is 1. The normalized spacial score (nSPS) is 23.1. The van der Waals surface area contributed by atoms with Crippen LogP contribution in [0.15, 0.2) is 48.7 Å². The first-order valence-corrected chi connectivity index (χ1v) is 12.2. The van der Waals surface area contributed by atoms with Crippen molar-refractivity contribution >= 4 is 23.3 Å². The first-order valence-electron chi connectivity index (χ1n) is 12.2. The van der Waals surface area contributed by atoms with E-state index in [0.29, 0.717) is 23.6 Å². The van der Waals surface area contributed by atoms with Crippen LogP contribution in [0.4, 0.5) is 15.8 Å². The summed E-state index contributed by atoms with van der Waals surface area (Å²) >= 11 is 0. The number of aryl methyl sites for hydroxylation is 1. The molecule has 1 aliphatic heterocycles. The number of amides is 1.